The van der Waals surface area contributed by atoms with E-state index in [9.17, 15) is 4.79 Å². The summed E-state index contributed by atoms with van der Waals surface area (Å²) in [5.74, 6) is 0.434. The minimum Gasteiger partial charge on any atom is -0.300 e. The molecule has 1 nitrogen and oxygen atoms in total. The number of allylic oxidation sites excluding steroid dienone is 2. The lowest BCUT2D eigenvalue weighted by Crippen LogP contribution is -1.99. The van der Waals surface area contributed by atoms with Gasteiger partial charge in [-0.15, -0.1) is 0 Å². The molecule has 0 atom stereocenters. The number of carbonyl (C=O) groups is 1. The first-order valence-electron chi connectivity index (χ1n) is 3.96. The van der Waals surface area contributed by atoms with Crippen molar-refractivity contribution in [2.24, 2.45) is 0 Å². The van der Waals surface area contributed by atoms with Gasteiger partial charge in [0, 0.05) is 12.8 Å². The Bertz CT molecular complexity index is 156. The Balaban J connectivity index is 2.45. The predicted octanol–water partition coefficient (Wildman–Crippen LogP) is 2.47. The summed E-state index contributed by atoms with van der Waals surface area (Å²) in [5, 5.41) is 0. The molecule has 0 aromatic rings. The second kappa shape index (κ2) is 3.55. The van der Waals surface area contributed by atoms with Gasteiger partial charge in [0.15, 0.2) is 0 Å². The van der Waals surface area contributed by atoms with Crippen molar-refractivity contribution >= 4 is 5.78 Å². The highest BCUT2D eigenvalue weighted by Crippen LogP contribution is 2.13. The third-order valence-corrected chi connectivity index (χ3v) is 1.94. The number of hydrogen-bond acceptors (Lipinski definition) is 1. The summed E-state index contributed by atoms with van der Waals surface area (Å²) in [4.78, 5) is 10.9. The Labute approximate surface area is 62.1 Å². The maximum absolute atomic E-state index is 10.9. The van der Waals surface area contributed by atoms with Crippen LogP contribution in [0.4, 0.5) is 0 Å². The van der Waals surface area contributed by atoms with E-state index in [1.54, 1.807) is 0 Å². The van der Waals surface area contributed by atoms with Crippen LogP contribution < -0.4 is 0 Å². The van der Waals surface area contributed by atoms with Gasteiger partial charge in [0.1, 0.15) is 5.78 Å². The van der Waals surface area contributed by atoms with E-state index in [0.29, 0.717) is 5.78 Å². The average Bonchev–Trinajstić information content (AvgIpc) is 1.84. The molecule has 0 spiro atoms. The lowest BCUT2D eigenvalue weighted by molar-refractivity contribution is -0.119. The fourth-order valence-corrected chi connectivity index (χ4v) is 1.27. The smallest absolute Gasteiger partial charge is 0.133 e. The molecule has 0 saturated heterocycles. The molecule has 0 N–H and O–H groups in total. The van der Waals surface area contributed by atoms with Crippen LogP contribution in [0.3, 0.4) is 0 Å². The number of ketones is 1. The molecule has 0 bridgehead atoms. The van der Waals surface area contributed by atoms with Crippen molar-refractivity contribution in [2.75, 3.05) is 0 Å². The Hall–Kier alpha value is -0.590. The maximum atomic E-state index is 10.9. The summed E-state index contributed by atoms with van der Waals surface area (Å²) in [6.07, 6.45) is 6.89. The van der Waals surface area contributed by atoms with Gasteiger partial charge < -0.3 is 0 Å². The van der Waals surface area contributed by atoms with Gasteiger partial charge in [0.25, 0.3) is 0 Å². The molecule has 10 heavy (non-hydrogen) atoms. The molecule has 1 aliphatic carbocycles. The molecule has 0 heterocycles. The minimum absolute atomic E-state index is 0.434. The van der Waals surface area contributed by atoms with Crippen molar-refractivity contribution in [3.63, 3.8) is 0 Å². The fourth-order valence-electron chi connectivity index (χ4n) is 1.27. The molecule has 1 heteroatoms. The molecule has 0 unspecified atom stereocenters. The van der Waals surface area contributed by atoms with E-state index >= 15 is 0 Å². The van der Waals surface area contributed by atoms with Gasteiger partial charge in [-0.2, -0.15) is 0 Å². The second-order valence-corrected chi connectivity index (χ2v) is 2.98. The average molecular weight is 138 g/mol. The highest BCUT2D eigenvalue weighted by atomic mass is 16.1. The van der Waals surface area contributed by atoms with Crippen molar-refractivity contribution in [2.45, 2.75) is 39.0 Å². The van der Waals surface area contributed by atoms with Crippen molar-refractivity contribution in [3.8, 4) is 0 Å². The van der Waals surface area contributed by atoms with Crippen molar-refractivity contribution in [1.29, 1.82) is 0 Å². The van der Waals surface area contributed by atoms with E-state index < -0.39 is 0 Å². The van der Waals surface area contributed by atoms with Gasteiger partial charge in [-0.25, -0.2) is 0 Å². The molecule has 0 aromatic heterocycles. The van der Waals surface area contributed by atoms with Crippen LogP contribution in [0.2, 0.25) is 0 Å². The highest BCUT2D eigenvalue weighted by molar-refractivity contribution is 5.78. The maximum Gasteiger partial charge on any atom is 0.133 e. The topological polar surface area (TPSA) is 17.1 Å². The largest absolute Gasteiger partial charge is 0.300 e. The first kappa shape index (κ1) is 7.52. The summed E-state index contributed by atoms with van der Waals surface area (Å²) in [6, 6.07) is 0. The standard InChI is InChI=1S/C9H14O/c1-8-4-2-6-9(10)7-3-5-8/h4H,2-3,5-7H2,1H3. The van der Waals surface area contributed by atoms with Gasteiger partial charge in [0.2, 0.25) is 0 Å². The molecule has 0 fully saturated rings. The lowest BCUT2D eigenvalue weighted by Gasteiger charge is -2.05. The Morgan fingerprint density at radius 2 is 2.10 bits per heavy atom. The predicted molar refractivity (Wildman–Crippen MR) is 41.8 cm³/mol. The molecule has 1 aliphatic rings. The summed E-state index contributed by atoms with van der Waals surface area (Å²) in [6.45, 7) is 2.15. The second-order valence-electron chi connectivity index (χ2n) is 2.98. The minimum atomic E-state index is 0.434. The molecule has 0 saturated carbocycles. The number of Topliss-reactive ketones (excluding diaryl/α,β-unsaturated/α-hetero) is 1. The van der Waals surface area contributed by atoms with Crippen LogP contribution in [0, 0.1) is 0 Å². The van der Waals surface area contributed by atoms with Crippen LogP contribution in [0.15, 0.2) is 11.6 Å². The summed E-state index contributed by atoms with van der Waals surface area (Å²) >= 11 is 0. The van der Waals surface area contributed by atoms with Crippen LogP contribution in [0.5, 0.6) is 0 Å². The molecule has 1 rings (SSSR count). The zero-order valence-electron chi connectivity index (χ0n) is 6.52. The van der Waals surface area contributed by atoms with Crippen LogP contribution >= 0.6 is 0 Å². The van der Waals surface area contributed by atoms with Crippen molar-refractivity contribution in [1.82, 2.24) is 0 Å². The van der Waals surface area contributed by atoms with E-state index in [0.717, 1.165) is 32.1 Å². The van der Waals surface area contributed by atoms with E-state index in [4.69, 9.17) is 0 Å². The summed E-state index contributed by atoms with van der Waals surface area (Å²) < 4.78 is 0. The molecule has 0 radical (unpaired) electrons. The van der Waals surface area contributed by atoms with Crippen molar-refractivity contribution < 1.29 is 4.79 Å². The Kier molecular flexibility index (Phi) is 2.67. The summed E-state index contributed by atoms with van der Waals surface area (Å²) in [7, 11) is 0. The van der Waals surface area contributed by atoms with Gasteiger partial charge in [-0.05, 0) is 26.2 Å². The fraction of sp³-hybridized carbons (Fsp3) is 0.667. The third-order valence-electron chi connectivity index (χ3n) is 1.94. The molecule has 0 aromatic carbocycles. The Morgan fingerprint density at radius 3 is 2.90 bits per heavy atom. The van der Waals surface area contributed by atoms with Gasteiger partial charge in [-0.3, -0.25) is 4.79 Å². The van der Waals surface area contributed by atoms with E-state index in [2.05, 4.69) is 13.0 Å². The first-order chi connectivity index (χ1) is 4.79. The zero-order chi connectivity index (χ0) is 7.40. The van der Waals surface area contributed by atoms with Crippen LogP contribution in [0.25, 0.3) is 0 Å². The quantitative estimate of drug-likeness (QED) is 0.470. The van der Waals surface area contributed by atoms with E-state index in [-0.39, 0.29) is 0 Å². The highest BCUT2D eigenvalue weighted by Gasteiger charge is 2.03. The van der Waals surface area contributed by atoms with Gasteiger partial charge in [-0.1, -0.05) is 11.6 Å². The van der Waals surface area contributed by atoms with E-state index in [1.165, 1.54) is 5.57 Å². The molecule has 0 amide bonds. The van der Waals surface area contributed by atoms with Gasteiger partial charge in [0.05, 0.1) is 0 Å². The number of rotatable bonds is 0. The number of carbonyl (C=O) groups excluding carboxylic acids is 1. The molecule has 56 valence electrons. The summed E-state index contributed by atoms with van der Waals surface area (Å²) in [5.41, 5.74) is 1.45. The van der Waals surface area contributed by atoms with Gasteiger partial charge >= 0.3 is 0 Å². The van der Waals surface area contributed by atoms with Crippen LogP contribution in [0.1, 0.15) is 39.0 Å². The molecule has 0 aliphatic heterocycles. The molecular weight excluding hydrogens is 124 g/mol. The Morgan fingerprint density at radius 1 is 1.30 bits per heavy atom. The zero-order valence-corrected chi connectivity index (χ0v) is 6.52. The van der Waals surface area contributed by atoms with E-state index in [1.807, 2.05) is 0 Å². The molecular formula is C9H14O. The third kappa shape index (κ3) is 2.34. The number of hydrogen-bond donors (Lipinski definition) is 0. The SMILES string of the molecule is CC1=CCCC(=O)CCC1. The van der Waals surface area contributed by atoms with Crippen LogP contribution in [-0.2, 0) is 4.79 Å². The monoisotopic (exact) mass is 138 g/mol. The van der Waals surface area contributed by atoms with Crippen LogP contribution in [-0.4, -0.2) is 5.78 Å². The first-order valence-corrected chi connectivity index (χ1v) is 3.96. The lowest BCUT2D eigenvalue weighted by atomic mass is 10.0. The normalized spacial score (nSPS) is 21.3. The van der Waals surface area contributed by atoms with Crippen molar-refractivity contribution in [3.05, 3.63) is 11.6 Å².